The Bertz CT molecular complexity index is 137. The fraction of sp³-hybridized carbons (Fsp3) is 0.571. The summed E-state index contributed by atoms with van der Waals surface area (Å²) in [5.41, 5.74) is 0.954. The zero-order chi connectivity index (χ0) is 7.98. The predicted molar refractivity (Wildman–Crippen MR) is 39.5 cm³/mol. The van der Waals surface area contributed by atoms with Crippen LogP contribution < -0.4 is 5.32 Å². The standard InChI is InChI=1S/C7H13NO2/c1-6(2)5-7(10)8-3-4-9/h5,9H,3-4H2,1-2H3,(H,8,10). The van der Waals surface area contributed by atoms with Crippen LogP contribution >= 0.6 is 0 Å². The van der Waals surface area contributed by atoms with Gasteiger partial charge in [0, 0.05) is 12.6 Å². The van der Waals surface area contributed by atoms with Crippen LogP contribution in [-0.2, 0) is 4.79 Å². The molecule has 0 rings (SSSR count). The maximum absolute atomic E-state index is 10.7. The SMILES string of the molecule is CC(C)=CC(=O)NCCO. The van der Waals surface area contributed by atoms with Gasteiger partial charge in [-0.3, -0.25) is 4.79 Å². The van der Waals surface area contributed by atoms with Crippen molar-refractivity contribution < 1.29 is 9.90 Å². The highest BCUT2D eigenvalue weighted by molar-refractivity contribution is 5.87. The molecular formula is C7H13NO2. The lowest BCUT2D eigenvalue weighted by molar-refractivity contribution is -0.116. The summed E-state index contributed by atoms with van der Waals surface area (Å²) >= 11 is 0. The fourth-order valence-electron chi connectivity index (χ4n) is 0.492. The minimum atomic E-state index is -0.144. The minimum absolute atomic E-state index is 0.0116. The summed E-state index contributed by atoms with van der Waals surface area (Å²) in [6.45, 7) is 4.00. The topological polar surface area (TPSA) is 49.3 Å². The van der Waals surface area contributed by atoms with E-state index in [1.807, 2.05) is 13.8 Å². The van der Waals surface area contributed by atoms with E-state index in [0.717, 1.165) is 5.57 Å². The average Bonchev–Trinajstić information content (AvgIpc) is 1.82. The van der Waals surface area contributed by atoms with E-state index in [2.05, 4.69) is 5.32 Å². The molecule has 3 nitrogen and oxygen atoms in total. The largest absolute Gasteiger partial charge is 0.395 e. The Kier molecular flexibility index (Phi) is 4.58. The van der Waals surface area contributed by atoms with Crippen LogP contribution in [0.1, 0.15) is 13.8 Å². The van der Waals surface area contributed by atoms with E-state index >= 15 is 0 Å². The lowest BCUT2D eigenvalue weighted by Crippen LogP contribution is -2.24. The molecule has 0 unspecified atom stereocenters. The second kappa shape index (κ2) is 4.99. The van der Waals surface area contributed by atoms with E-state index in [0.29, 0.717) is 6.54 Å². The first-order valence-electron chi connectivity index (χ1n) is 3.20. The van der Waals surface area contributed by atoms with E-state index in [1.165, 1.54) is 6.08 Å². The van der Waals surface area contributed by atoms with Crippen LogP contribution in [-0.4, -0.2) is 24.2 Å². The van der Waals surface area contributed by atoms with Crippen molar-refractivity contribution >= 4 is 5.91 Å². The van der Waals surface area contributed by atoms with Crippen molar-refractivity contribution in [3.05, 3.63) is 11.6 Å². The number of aliphatic hydroxyl groups is 1. The van der Waals surface area contributed by atoms with Crippen LogP contribution in [0.15, 0.2) is 11.6 Å². The Morgan fingerprint density at radius 2 is 2.20 bits per heavy atom. The van der Waals surface area contributed by atoms with Gasteiger partial charge in [-0.1, -0.05) is 5.57 Å². The average molecular weight is 143 g/mol. The van der Waals surface area contributed by atoms with Gasteiger partial charge in [-0.05, 0) is 13.8 Å². The first-order valence-corrected chi connectivity index (χ1v) is 3.20. The maximum Gasteiger partial charge on any atom is 0.243 e. The Morgan fingerprint density at radius 3 is 2.60 bits per heavy atom. The zero-order valence-electron chi connectivity index (χ0n) is 6.35. The molecule has 58 valence electrons. The second-order valence-corrected chi connectivity index (χ2v) is 2.24. The first kappa shape index (κ1) is 9.17. The lowest BCUT2D eigenvalue weighted by atomic mass is 10.3. The smallest absolute Gasteiger partial charge is 0.243 e. The van der Waals surface area contributed by atoms with Crippen molar-refractivity contribution in [2.24, 2.45) is 0 Å². The molecule has 0 aromatic rings. The number of nitrogens with one attached hydrogen (secondary N) is 1. The molecule has 2 N–H and O–H groups in total. The molecule has 0 aliphatic rings. The highest BCUT2D eigenvalue weighted by Gasteiger charge is 1.91. The molecule has 0 bridgehead atoms. The summed E-state index contributed by atoms with van der Waals surface area (Å²) in [6.07, 6.45) is 1.50. The number of carbonyl (C=O) groups is 1. The zero-order valence-corrected chi connectivity index (χ0v) is 6.35. The third kappa shape index (κ3) is 5.31. The molecule has 0 atom stereocenters. The Morgan fingerprint density at radius 1 is 1.60 bits per heavy atom. The number of hydrogen-bond donors (Lipinski definition) is 2. The predicted octanol–water partition coefficient (Wildman–Crippen LogP) is 0.0611. The normalized spacial score (nSPS) is 8.70. The van der Waals surface area contributed by atoms with Crippen molar-refractivity contribution in [3.63, 3.8) is 0 Å². The summed E-state index contributed by atoms with van der Waals surface area (Å²) in [5.74, 6) is -0.144. The molecule has 0 saturated carbocycles. The summed E-state index contributed by atoms with van der Waals surface area (Å²) in [4.78, 5) is 10.7. The first-order chi connectivity index (χ1) is 4.66. The summed E-state index contributed by atoms with van der Waals surface area (Å²) in [5, 5.41) is 10.8. The van der Waals surface area contributed by atoms with Gasteiger partial charge in [0.2, 0.25) is 5.91 Å². The number of aliphatic hydroxyl groups excluding tert-OH is 1. The van der Waals surface area contributed by atoms with E-state index in [-0.39, 0.29) is 12.5 Å². The quantitative estimate of drug-likeness (QED) is 0.549. The van der Waals surface area contributed by atoms with Crippen LogP contribution in [0, 0.1) is 0 Å². The molecular weight excluding hydrogens is 130 g/mol. The molecule has 10 heavy (non-hydrogen) atoms. The van der Waals surface area contributed by atoms with Gasteiger partial charge in [0.25, 0.3) is 0 Å². The van der Waals surface area contributed by atoms with E-state index in [9.17, 15) is 4.79 Å². The van der Waals surface area contributed by atoms with Crippen molar-refractivity contribution in [1.29, 1.82) is 0 Å². The van der Waals surface area contributed by atoms with Crippen LogP contribution in [0.2, 0.25) is 0 Å². The summed E-state index contributed by atoms with van der Waals surface area (Å²) in [7, 11) is 0. The molecule has 1 amide bonds. The van der Waals surface area contributed by atoms with E-state index < -0.39 is 0 Å². The number of allylic oxidation sites excluding steroid dienone is 1. The third-order valence-corrected chi connectivity index (χ3v) is 0.831. The molecule has 0 radical (unpaired) electrons. The van der Waals surface area contributed by atoms with Gasteiger partial charge in [-0.2, -0.15) is 0 Å². The number of carbonyl (C=O) groups excluding carboxylic acids is 1. The Labute approximate surface area is 60.7 Å². The number of amides is 1. The number of hydrogen-bond acceptors (Lipinski definition) is 2. The van der Waals surface area contributed by atoms with Gasteiger partial charge in [0.05, 0.1) is 6.61 Å². The van der Waals surface area contributed by atoms with Crippen molar-refractivity contribution in [1.82, 2.24) is 5.32 Å². The summed E-state index contributed by atoms with van der Waals surface area (Å²) < 4.78 is 0. The monoisotopic (exact) mass is 143 g/mol. The highest BCUT2D eigenvalue weighted by atomic mass is 16.3. The molecule has 3 heteroatoms. The van der Waals surface area contributed by atoms with Crippen molar-refractivity contribution in [2.45, 2.75) is 13.8 Å². The van der Waals surface area contributed by atoms with Gasteiger partial charge < -0.3 is 10.4 Å². The van der Waals surface area contributed by atoms with Gasteiger partial charge in [-0.15, -0.1) is 0 Å². The van der Waals surface area contributed by atoms with Crippen molar-refractivity contribution in [2.75, 3.05) is 13.2 Å². The highest BCUT2D eigenvalue weighted by Crippen LogP contribution is 1.86. The van der Waals surface area contributed by atoms with E-state index in [1.54, 1.807) is 0 Å². The molecule has 0 aromatic heterocycles. The second-order valence-electron chi connectivity index (χ2n) is 2.24. The van der Waals surface area contributed by atoms with Gasteiger partial charge in [0.15, 0.2) is 0 Å². The molecule has 0 aliphatic carbocycles. The minimum Gasteiger partial charge on any atom is -0.395 e. The van der Waals surface area contributed by atoms with Gasteiger partial charge in [0.1, 0.15) is 0 Å². The molecule has 0 aliphatic heterocycles. The Balaban J connectivity index is 3.54. The maximum atomic E-state index is 10.7. The Hall–Kier alpha value is -0.830. The molecule has 0 spiro atoms. The lowest BCUT2D eigenvalue weighted by Gasteiger charge is -1.97. The van der Waals surface area contributed by atoms with Crippen LogP contribution in [0.4, 0.5) is 0 Å². The fourth-order valence-corrected chi connectivity index (χ4v) is 0.492. The van der Waals surface area contributed by atoms with E-state index in [4.69, 9.17) is 5.11 Å². The molecule has 0 aromatic carbocycles. The van der Waals surface area contributed by atoms with Crippen LogP contribution in [0.5, 0.6) is 0 Å². The van der Waals surface area contributed by atoms with Crippen molar-refractivity contribution in [3.8, 4) is 0 Å². The van der Waals surface area contributed by atoms with Crippen LogP contribution in [0.25, 0.3) is 0 Å². The van der Waals surface area contributed by atoms with Gasteiger partial charge in [-0.25, -0.2) is 0 Å². The number of rotatable bonds is 3. The summed E-state index contributed by atoms with van der Waals surface area (Å²) in [6, 6.07) is 0. The molecule has 0 fully saturated rings. The van der Waals surface area contributed by atoms with Gasteiger partial charge >= 0.3 is 0 Å². The third-order valence-electron chi connectivity index (χ3n) is 0.831. The van der Waals surface area contributed by atoms with Crippen LogP contribution in [0.3, 0.4) is 0 Å². The molecule has 0 heterocycles. The molecule has 0 saturated heterocycles.